The Balaban J connectivity index is 1.59. The number of benzene rings is 2. The van der Waals surface area contributed by atoms with E-state index in [2.05, 4.69) is 58.9 Å². The lowest BCUT2D eigenvalue weighted by Gasteiger charge is -2.07. The van der Waals surface area contributed by atoms with Gasteiger partial charge in [0.15, 0.2) is 0 Å². The van der Waals surface area contributed by atoms with Gasteiger partial charge < -0.3 is 5.32 Å². The molecule has 0 amide bonds. The number of aromatic nitrogens is 2. The lowest BCUT2D eigenvalue weighted by atomic mass is 10.1. The summed E-state index contributed by atoms with van der Waals surface area (Å²) in [5.74, 6) is 0. The highest BCUT2D eigenvalue weighted by Gasteiger charge is 2.02. The van der Waals surface area contributed by atoms with E-state index < -0.39 is 0 Å². The van der Waals surface area contributed by atoms with Crippen LogP contribution in [0.1, 0.15) is 11.1 Å². The number of hydrogen-bond donors (Lipinski definition) is 1. The van der Waals surface area contributed by atoms with Crippen molar-refractivity contribution in [3.05, 3.63) is 78.0 Å². The molecule has 0 unspecified atom stereocenters. The Hall–Kier alpha value is -2.39. The molecule has 0 atom stereocenters. The van der Waals surface area contributed by atoms with Crippen LogP contribution in [0.2, 0.25) is 0 Å². The van der Waals surface area contributed by atoms with Gasteiger partial charge in [0, 0.05) is 26.3 Å². The fraction of sp³-hybridized carbons (Fsp3) is 0.167. The topological polar surface area (TPSA) is 29.9 Å². The minimum Gasteiger partial charge on any atom is -0.309 e. The normalized spacial score (nSPS) is 10.7. The molecule has 106 valence electrons. The second-order valence-corrected chi connectivity index (χ2v) is 5.13. The van der Waals surface area contributed by atoms with Crippen LogP contribution in [0.25, 0.3) is 11.3 Å². The molecule has 3 aromatic rings. The lowest BCUT2D eigenvalue weighted by molar-refractivity contribution is 0.693. The van der Waals surface area contributed by atoms with Crippen molar-refractivity contribution in [1.29, 1.82) is 0 Å². The van der Waals surface area contributed by atoms with E-state index >= 15 is 0 Å². The maximum atomic E-state index is 4.20. The number of nitrogens with one attached hydrogen (secondary N) is 1. The first kappa shape index (κ1) is 13.6. The van der Waals surface area contributed by atoms with Gasteiger partial charge in [-0.1, -0.05) is 54.6 Å². The predicted octanol–water partition coefficient (Wildman–Crippen LogP) is 3.38. The Morgan fingerprint density at radius 2 is 1.52 bits per heavy atom. The van der Waals surface area contributed by atoms with Gasteiger partial charge in [-0.05, 0) is 22.8 Å². The van der Waals surface area contributed by atoms with Gasteiger partial charge in [-0.15, -0.1) is 0 Å². The zero-order valence-electron chi connectivity index (χ0n) is 12.2. The van der Waals surface area contributed by atoms with Gasteiger partial charge in [0.05, 0.1) is 5.69 Å². The Bertz CT molecular complexity index is 684. The standard InChI is InChI=1S/C18H19N3/c1-21-18(11-12-20-21)17-9-7-16(8-10-17)14-19-13-15-5-3-2-4-6-15/h2-12,19H,13-14H2,1H3. The molecule has 21 heavy (non-hydrogen) atoms. The van der Waals surface area contributed by atoms with Crippen molar-refractivity contribution in [2.45, 2.75) is 13.1 Å². The first-order valence-electron chi connectivity index (χ1n) is 7.15. The van der Waals surface area contributed by atoms with Gasteiger partial charge in [0.1, 0.15) is 0 Å². The molecule has 0 saturated heterocycles. The quantitative estimate of drug-likeness (QED) is 0.775. The summed E-state index contributed by atoms with van der Waals surface area (Å²) >= 11 is 0. The van der Waals surface area contributed by atoms with Gasteiger partial charge in [-0.25, -0.2) is 0 Å². The van der Waals surface area contributed by atoms with Crippen LogP contribution >= 0.6 is 0 Å². The SMILES string of the molecule is Cn1nccc1-c1ccc(CNCc2ccccc2)cc1. The van der Waals surface area contributed by atoms with Gasteiger partial charge in [0.2, 0.25) is 0 Å². The maximum absolute atomic E-state index is 4.20. The van der Waals surface area contributed by atoms with Gasteiger partial charge in [-0.3, -0.25) is 4.68 Å². The van der Waals surface area contributed by atoms with E-state index in [0.717, 1.165) is 18.8 Å². The third-order valence-electron chi connectivity index (χ3n) is 3.57. The molecule has 3 heteroatoms. The second kappa shape index (κ2) is 6.37. The molecule has 0 saturated carbocycles. The molecule has 1 heterocycles. The van der Waals surface area contributed by atoms with Crippen LogP contribution in [0.3, 0.4) is 0 Å². The summed E-state index contributed by atoms with van der Waals surface area (Å²) in [6.07, 6.45) is 1.82. The first-order chi connectivity index (χ1) is 10.3. The molecule has 0 aliphatic carbocycles. The molecule has 2 aromatic carbocycles. The molecule has 1 N–H and O–H groups in total. The van der Waals surface area contributed by atoms with Crippen molar-refractivity contribution in [3.8, 4) is 11.3 Å². The molecular formula is C18H19N3. The molecule has 3 nitrogen and oxygen atoms in total. The number of hydrogen-bond acceptors (Lipinski definition) is 2. The van der Waals surface area contributed by atoms with Crippen molar-refractivity contribution in [1.82, 2.24) is 15.1 Å². The zero-order valence-corrected chi connectivity index (χ0v) is 12.2. The number of rotatable bonds is 5. The molecular weight excluding hydrogens is 258 g/mol. The van der Waals surface area contributed by atoms with Crippen LogP contribution in [0.5, 0.6) is 0 Å². The molecule has 0 aliphatic rings. The molecule has 1 aromatic heterocycles. The average Bonchev–Trinajstić information content (AvgIpc) is 2.95. The van der Waals surface area contributed by atoms with Gasteiger partial charge in [0.25, 0.3) is 0 Å². The minimum atomic E-state index is 0.876. The third-order valence-corrected chi connectivity index (χ3v) is 3.57. The van der Waals surface area contributed by atoms with Gasteiger partial charge in [-0.2, -0.15) is 5.10 Å². The monoisotopic (exact) mass is 277 g/mol. The summed E-state index contributed by atoms with van der Waals surface area (Å²) in [6.45, 7) is 1.77. The van der Waals surface area contributed by atoms with E-state index in [0.29, 0.717) is 0 Å². The van der Waals surface area contributed by atoms with E-state index in [4.69, 9.17) is 0 Å². The Labute approximate surface area is 125 Å². The smallest absolute Gasteiger partial charge is 0.0678 e. The Morgan fingerprint density at radius 3 is 2.14 bits per heavy atom. The molecule has 3 rings (SSSR count). The van der Waals surface area contributed by atoms with E-state index in [1.807, 2.05) is 30.1 Å². The summed E-state index contributed by atoms with van der Waals surface area (Å²) in [5.41, 5.74) is 4.93. The van der Waals surface area contributed by atoms with E-state index in [9.17, 15) is 0 Å². The third kappa shape index (κ3) is 3.38. The summed E-state index contributed by atoms with van der Waals surface area (Å²) in [4.78, 5) is 0. The van der Waals surface area contributed by atoms with Crippen molar-refractivity contribution in [3.63, 3.8) is 0 Å². The molecule has 0 aliphatic heterocycles. The summed E-state index contributed by atoms with van der Waals surface area (Å²) in [7, 11) is 1.96. The maximum Gasteiger partial charge on any atom is 0.0678 e. The summed E-state index contributed by atoms with van der Waals surface area (Å²) < 4.78 is 1.89. The highest BCUT2D eigenvalue weighted by Crippen LogP contribution is 2.18. The van der Waals surface area contributed by atoms with E-state index in [-0.39, 0.29) is 0 Å². The number of aryl methyl sites for hydroxylation is 1. The summed E-state index contributed by atoms with van der Waals surface area (Å²) in [5, 5.41) is 7.67. The van der Waals surface area contributed by atoms with Gasteiger partial charge >= 0.3 is 0 Å². The average molecular weight is 277 g/mol. The second-order valence-electron chi connectivity index (χ2n) is 5.13. The lowest BCUT2D eigenvalue weighted by Crippen LogP contribution is -2.12. The zero-order chi connectivity index (χ0) is 14.5. The van der Waals surface area contributed by atoms with Crippen molar-refractivity contribution in [2.24, 2.45) is 7.05 Å². The van der Waals surface area contributed by atoms with Crippen molar-refractivity contribution >= 4 is 0 Å². The minimum absolute atomic E-state index is 0.876. The van der Waals surface area contributed by atoms with Crippen LogP contribution in [0.15, 0.2) is 66.9 Å². The predicted molar refractivity (Wildman–Crippen MR) is 85.6 cm³/mol. The van der Waals surface area contributed by atoms with Crippen LogP contribution in [0.4, 0.5) is 0 Å². The highest BCUT2D eigenvalue weighted by atomic mass is 15.2. The Morgan fingerprint density at radius 1 is 0.857 bits per heavy atom. The largest absolute Gasteiger partial charge is 0.309 e. The van der Waals surface area contributed by atoms with Crippen LogP contribution in [0, 0.1) is 0 Å². The van der Waals surface area contributed by atoms with E-state index in [1.54, 1.807) is 0 Å². The summed E-state index contributed by atoms with van der Waals surface area (Å²) in [6, 6.07) is 21.1. The van der Waals surface area contributed by atoms with Crippen LogP contribution in [-0.2, 0) is 20.1 Å². The molecule has 0 fully saturated rings. The Kier molecular flexibility index (Phi) is 4.12. The van der Waals surface area contributed by atoms with Crippen molar-refractivity contribution < 1.29 is 0 Å². The fourth-order valence-corrected chi connectivity index (χ4v) is 2.40. The van der Waals surface area contributed by atoms with Crippen LogP contribution in [-0.4, -0.2) is 9.78 Å². The number of nitrogens with zero attached hydrogens (tertiary/aromatic N) is 2. The fourth-order valence-electron chi connectivity index (χ4n) is 2.40. The first-order valence-corrected chi connectivity index (χ1v) is 7.15. The molecule has 0 radical (unpaired) electrons. The molecule has 0 spiro atoms. The molecule has 0 bridgehead atoms. The van der Waals surface area contributed by atoms with Crippen LogP contribution < -0.4 is 5.32 Å². The van der Waals surface area contributed by atoms with Crippen molar-refractivity contribution in [2.75, 3.05) is 0 Å². The highest BCUT2D eigenvalue weighted by molar-refractivity contribution is 5.59. The van der Waals surface area contributed by atoms with E-state index in [1.165, 1.54) is 16.7 Å².